The Morgan fingerprint density at radius 1 is 1.56 bits per heavy atom. The van der Waals surface area contributed by atoms with Crippen molar-refractivity contribution in [1.29, 1.82) is 0 Å². The Balaban J connectivity index is 2.06. The molecule has 2 N–H and O–H groups in total. The van der Waals surface area contributed by atoms with Crippen molar-refractivity contribution < 1.29 is 4.79 Å². The molecule has 100 valence electrons. The van der Waals surface area contributed by atoms with Crippen LogP contribution in [0.2, 0.25) is 0 Å². The van der Waals surface area contributed by atoms with Crippen LogP contribution in [0.15, 0.2) is 18.3 Å². The number of likely N-dealkylation sites (tertiary alicyclic amines) is 1. The number of likely N-dealkylation sites (N-methyl/N-ethyl adjacent to an activating group) is 1. The van der Waals surface area contributed by atoms with E-state index in [9.17, 15) is 4.79 Å². The summed E-state index contributed by atoms with van der Waals surface area (Å²) in [6.07, 6.45) is 5.77. The summed E-state index contributed by atoms with van der Waals surface area (Å²) in [5.41, 5.74) is 0.966. The average molecular weight is 249 g/mol. The van der Waals surface area contributed by atoms with Crippen molar-refractivity contribution in [2.24, 2.45) is 0 Å². The fraction of sp³-hybridized carbons (Fsp3) is 0.643. The molecule has 1 aromatic heterocycles. The monoisotopic (exact) mass is 249 g/mol. The molecule has 1 saturated heterocycles. The highest BCUT2D eigenvalue weighted by Crippen LogP contribution is 2.27. The largest absolute Gasteiger partial charge is 0.365 e. The minimum atomic E-state index is -0.0311. The number of carbonyl (C=O) groups is 1. The normalized spacial score (nSPS) is 24.2. The van der Waals surface area contributed by atoms with Crippen LogP contribution in [-0.2, 0) is 11.2 Å². The van der Waals surface area contributed by atoms with Crippen LogP contribution in [0.1, 0.15) is 31.9 Å². The molecule has 18 heavy (non-hydrogen) atoms. The van der Waals surface area contributed by atoms with E-state index in [0.29, 0.717) is 6.42 Å². The lowest BCUT2D eigenvalue weighted by Gasteiger charge is -2.45. The van der Waals surface area contributed by atoms with Crippen LogP contribution in [0.4, 0.5) is 0 Å². The van der Waals surface area contributed by atoms with Gasteiger partial charge in [-0.1, -0.05) is 0 Å². The van der Waals surface area contributed by atoms with E-state index >= 15 is 0 Å². The lowest BCUT2D eigenvalue weighted by molar-refractivity contribution is -0.138. The topological polar surface area (TPSA) is 48.1 Å². The second kappa shape index (κ2) is 5.57. The molecule has 1 aliphatic rings. The molecule has 0 aromatic carbocycles. The van der Waals surface area contributed by atoms with Crippen molar-refractivity contribution in [2.75, 3.05) is 20.1 Å². The number of rotatable bonds is 4. The van der Waals surface area contributed by atoms with Gasteiger partial charge in [-0.3, -0.25) is 4.79 Å². The number of aromatic nitrogens is 1. The van der Waals surface area contributed by atoms with Crippen LogP contribution in [-0.4, -0.2) is 41.5 Å². The van der Waals surface area contributed by atoms with Crippen LogP contribution in [0.5, 0.6) is 0 Å². The van der Waals surface area contributed by atoms with E-state index in [1.165, 1.54) is 6.42 Å². The van der Waals surface area contributed by atoms with E-state index in [2.05, 4.69) is 22.1 Å². The number of aromatic amines is 1. The average Bonchev–Trinajstić information content (AvgIpc) is 2.82. The van der Waals surface area contributed by atoms with E-state index in [-0.39, 0.29) is 11.4 Å². The number of carbonyl (C=O) groups excluding carboxylic acids is 1. The highest BCUT2D eigenvalue weighted by molar-refractivity contribution is 5.79. The van der Waals surface area contributed by atoms with Crippen LogP contribution < -0.4 is 5.32 Å². The number of nitrogens with one attached hydrogen (secondary N) is 2. The maximum absolute atomic E-state index is 12.4. The van der Waals surface area contributed by atoms with Gasteiger partial charge in [-0.25, -0.2) is 0 Å². The molecule has 2 rings (SSSR count). The zero-order valence-corrected chi connectivity index (χ0v) is 11.3. The molecule has 1 aromatic rings. The van der Waals surface area contributed by atoms with Gasteiger partial charge in [0.25, 0.3) is 0 Å². The molecule has 4 nitrogen and oxygen atoms in total. The molecule has 1 unspecified atom stereocenters. The molecule has 0 saturated carbocycles. The molecule has 1 atom stereocenters. The van der Waals surface area contributed by atoms with Crippen molar-refractivity contribution in [3.63, 3.8) is 0 Å². The van der Waals surface area contributed by atoms with E-state index in [1.807, 2.05) is 25.4 Å². The standard InChI is InChI=1S/C14H23N3O/c1-14(11-15-2)7-3-4-9-17(14)13(18)10-12-6-5-8-16-12/h5-6,8,15-16H,3-4,7,9-11H2,1-2H3. The minimum Gasteiger partial charge on any atom is -0.365 e. The molecule has 1 amide bonds. The van der Waals surface area contributed by atoms with Crippen molar-refractivity contribution in [2.45, 2.75) is 38.1 Å². The molecular formula is C14H23N3O. The van der Waals surface area contributed by atoms with Crippen LogP contribution in [0, 0.1) is 0 Å². The third-order valence-corrected chi connectivity index (χ3v) is 3.86. The van der Waals surface area contributed by atoms with Crippen LogP contribution >= 0.6 is 0 Å². The number of hydrogen-bond donors (Lipinski definition) is 2. The van der Waals surface area contributed by atoms with Gasteiger partial charge in [0.1, 0.15) is 0 Å². The summed E-state index contributed by atoms with van der Waals surface area (Å²) < 4.78 is 0. The second-order valence-corrected chi connectivity index (χ2v) is 5.40. The van der Waals surface area contributed by atoms with Gasteiger partial charge in [0.05, 0.1) is 12.0 Å². The molecule has 0 radical (unpaired) electrons. The fourth-order valence-corrected chi connectivity index (χ4v) is 2.91. The summed E-state index contributed by atoms with van der Waals surface area (Å²) in [5, 5.41) is 3.22. The van der Waals surface area contributed by atoms with Gasteiger partial charge in [-0.05, 0) is 45.4 Å². The number of H-pyrrole nitrogens is 1. The summed E-state index contributed by atoms with van der Waals surface area (Å²) in [4.78, 5) is 17.6. The number of piperidine rings is 1. The molecule has 0 aliphatic carbocycles. The predicted octanol–water partition coefficient (Wildman–Crippen LogP) is 1.55. The summed E-state index contributed by atoms with van der Waals surface area (Å²) in [5.74, 6) is 0.231. The van der Waals surface area contributed by atoms with Crippen molar-refractivity contribution in [3.8, 4) is 0 Å². The van der Waals surface area contributed by atoms with Crippen LogP contribution in [0.3, 0.4) is 0 Å². The molecule has 2 heterocycles. The molecule has 0 spiro atoms. The molecule has 1 aliphatic heterocycles. The Morgan fingerprint density at radius 3 is 3.06 bits per heavy atom. The van der Waals surface area contributed by atoms with E-state index in [4.69, 9.17) is 0 Å². The van der Waals surface area contributed by atoms with E-state index in [1.54, 1.807) is 0 Å². The van der Waals surface area contributed by atoms with Crippen molar-refractivity contribution in [3.05, 3.63) is 24.0 Å². The van der Waals surface area contributed by atoms with Crippen LogP contribution in [0.25, 0.3) is 0 Å². The highest BCUT2D eigenvalue weighted by atomic mass is 16.2. The zero-order chi connectivity index (χ0) is 13.0. The first kappa shape index (κ1) is 13.1. The van der Waals surface area contributed by atoms with Gasteiger partial charge < -0.3 is 15.2 Å². The second-order valence-electron chi connectivity index (χ2n) is 5.40. The number of amides is 1. The zero-order valence-electron chi connectivity index (χ0n) is 11.3. The van der Waals surface area contributed by atoms with E-state index in [0.717, 1.165) is 31.6 Å². The fourth-order valence-electron chi connectivity index (χ4n) is 2.91. The first-order valence-electron chi connectivity index (χ1n) is 6.73. The summed E-state index contributed by atoms with van der Waals surface area (Å²) in [6, 6.07) is 3.91. The molecule has 4 heteroatoms. The SMILES string of the molecule is CNCC1(C)CCCCN1C(=O)Cc1ccc[nH]1. The lowest BCUT2D eigenvalue weighted by atomic mass is 9.88. The Hall–Kier alpha value is -1.29. The summed E-state index contributed by atoms with van der Waals surface area (Å²) in [7, 11) is 1.95. The highest BCUT2D eigenvalue weighted by Gasteiger charge is 2.36. The maximum atomic E-state index is 12.4. The number of nitrogens with zero attached hydrogens (tertiary/aromatic N) is 1. The maximum Gasteiger partial charge on any atom is 0.228 e. The van der Waals surface area contributed by atoms with Gasteiger partial charge >= 0.3 is 0 Å². The Labute approximate surface area is 109 Å². The molecule has 0 bridgehead atoms. The van der Waals surface area contributed by atoms with Crippen molar-refractivity contribution in [1.82, 2.24) is 15.2 Å². The van der Waals surface area contributed by atoms with Gasteiger partial charge in [0.15, 0.2) is 0 Å². The summed E-state index contributed by atoms with van der Waals surface area (Å²) in [6.45, 7) is 3.94. The Bertz CT molecular complexity index is 384. The Morgan fingerprint density at radius 2 is 2.39 bits per heavy atom. The predicted molar refractivity (Wildman–Crippen MR) is 72.4 cm³/mol. The third kappa shape index (κ3) is 2.75. The first-order valence-corrected chi connectivity index (χ1v) is 6.73. The van der Waals surface area contributed by atoms with Gasteiger partial charge in [-0.2, -0.15) is 0 Å². The third-order valence-electron chi connectivity index (χ3n) is 3.86. The Kier molecular flexibility index (Phi) is 4.07. The van der Waals surface area contributed by atoms with Gasteiger partial charge in [0, 0.05) is 25.0 Å². The lowest BCUT2D eigenvalue weighted by Crippen LogP contribution is -2.57. The van der Waals surface area contributed by atoms with E-state index < -0.39 is 0 Å². The molecular weight excluding hydrogens is 226 g/mol. The minimum absolute atomic E-state index is 0.0311. The number of hydrogen-bond acceptors (Lipinski definition) is 2. The quantitative estimate of drug-likeness (QED) is 0.850. The van der Waals surface area contributed by atoms with Gasteiger partial charge in [-0.15, -0.1) is 0 Å². The smallest absolute Gasteiger partial charge is 0.228 e. The van der Waals surface area contributed by atoms with Crippen molar-refractivity contribution >= 4 is 5.91 Å². The first-order chi connectivity index (χ1) is 8.65. The van der Waals surface area contributed by atoms with Gasteiger partial charge in [0.2, 0.25) is 5.91 Å². The summed E-state index contributed by atoms with van der Waals surface area (Å²) >= 11 is 0. The molecule has 1 fully saturated rings.